The van der Waals surface area contributed by atoms with Crippen LogP contribution in [-0.4, -0.2) is 42.6 Å². The highest BCUT2D eigenvalue weighted by Gasteiger charge is 2.33. The molecule has 0 atom stereocenters. The summed E-state index contributed by atoms with van der Waals surface area (Å²) in [4.78, 5) is 27.9. The number of nitrogens with zero attached hydrogens (tertiary/aromatic N) is 2. The first-order valence-electron chi connectivity index (χ1n) is 10.5. The number of benzene rings is 2. The van der Waals surface area contributed by atoms with Gasteiger partial charge in [0, 0.05) is 36.1 Å². The average Bonchev–Trinajstić information content (AvgIpc) is 3.25. The molecule has 2 amide bonds. The van der Waals surface area contributed by atoms with E-state index < -0.39 is 15.9 Å². The highest BCUT2D eigenvalue weighted by atomic mass is 32.2. The number of nitrogens with one attached hydrogen (secondary N) is 3. The van der Waals surface area contributed by atoms with E-state index >= 15 is 0 Å². The number of fused-ring (bicyclic) bond motifs is 1. The summed E-state index contributed by atoms with van der Waals surface area (Å²) in [6, 6.07) is 15.6. The third-order valence-corrected chi connectivity index (χ3v) is 7.76. The quantitative estimate of drug-likeness (QED) is 0.494. The Hall–Kier alpha value is -3.68. The maximum absolute atomic E-state index is 12.9. The number of rotatable bonds is 5. The van der Waals surface area contributed by atoms with Crippen molar-refractivity contribution in [1.29, 1.82) is 5.26 Å². The topological polar surface area (TPSA) is 135 Å². The Bertz CT molecular complexity index is 1330. The Morgan fingerprint density at radius 1 is 1.06 bits per heavy atom. The number of para-hydroxylation sites is 1. The van der Waals surface area contributed by atoms with Crippen LogP contribution in [0.5, 0.6) is 0 Å². The summed E-state index contributed by atoms with van der Waals surface area (Å²) in [6.45, 7) is 0.312. The molecule has 2 aromatic carbocycles. The minimum atomic E-state index is -3.82. The Kier molecular flexibility index (Phi) is 6.44. The molecule has 0 saturated carbocycles. The zero-order valence-electron chi connectivity index (χ0n) is 17.7. The van der Waals surface area contributed by atoms with E-state index in [0.717, 1.165) is 16.5 Å². The van der Waals surface area contributed by atoms with Crippen LogP contribution in [0.1, 0.15) is 24.0 Å². The second kappa shape index (κ2) is 9.44. The van der Waals surface area contributed by atoms with Gasteiger partial charge in [-0.3, -0.25) is 20.4 Å². The van der Waals surface area contributed by atoms with Crippen molar-refractivity contribution in [1.82, 2.24) is 20.1 Å². The van der Waals surface area contributed by atoms with Crippen molar-refractivity contribution in [2.24, 2.45) is 5.92 Å². The van der Waals surface area contributed by atoms with Crippen LogP contribution < -0.4 is 10.9 Å². The van der Waals surface area contributed by atoms with Crippen molar-refractivity contribution in [2.75, 3.05) is 13.1 Å². The van der Waals surface area contributed by atoms with Gasteiger partial charge in [-0.2, -0.15) is 9.57 Å². The number of sulfonamides is 1. The molecule has 2 heterocycles. The number of carbonyl (C=O) groups is 2. The molecule has 10 heteroatoms. The monoisotopic (exact) mass is 465 g/mol. The Morgan fingerprint density at radius 2 is 1.76 bits per heavy atom. The average molecular weight is 466 g/mol. The van der Waals surface area contributed by atoms with E-state index in [1.807, 2.05) is 30.3 Å². The maximum atomic E-state index is 12.9. The molecule has 0 bridgehead atoms. The van der Waals surface area contributed by atoms with E-state index in [1.165, 1.54) is 16.4 Å². The highest BCUT2D eigenvalue weighted by Crippen LogP contribution is 2.25. The van der Waals surface area contributed by atoms with Crippen LogP contribution >= 0.6 is 0 Å². The second-order valence-electron chi connectivity index (χ2n) is 7.86. The van der Waals surface area contributed by atoms with Gasteiger partial charge in [0.15, 0.2) is 0 Å². The molecular weight excluding hydrogens is 442 g/mol. The molecule has 0 aliphatic carbocycles. The van der Waals surface area contributed by atoms with Gasteiger partial charge in [-0.25, -0.2) is 8.42 Å². The second-order valence-corrected chi connectivity index (χ2v) is 9.77. The number of aromatic nitrogens is 1. The number of hydrogen-bond donors (Lipinski definition) is 3. The predicted octanol–water partition coefficient (Wildman–Crippen LogP) is 1.83. The van der Waals surface area contributed by atoms with Crippen LogP contribution in [-0.2, 0) is 26.0 Å². The SMILES string of the molecule is N#Cc1ccccc1S(=O)(=O)N1CCC(C(=O)NNC(=O)Cc2c[nH]c3ccccc23)CC1. The van der Waals surface area contributed by atoms with Crippen molar-refractivity contribution in [2.45, 2.75) is 24.2 Å². The molecule has 1 aliphatic heterocycles. The van der Waals surface area contributed by atoms with Gasteiger partial charge in [0.1, 0.15) is 6.07 Å². The lowest BCUT2D eigenvalue weighted by Gasteiger charge is -2.30. The minimum absolute atomic E-state index is 0.0278. The molecule has 4 rings (SSSR count). The van der Waals surface area contributed by atoms with Gasteiger partial charge in [-0.1, -0.05) is 30.3 Å². The smallest absolute Gasteiger partial charge is 0.244 e. The number of piperidine rings is 1. The van der Waals surface area contributed by atoms with Crippen molar-refractivity contribution >= 4 is 32.7 Å². The predicted molar refractivity (Wildman–Crippen MR) is 121 cm³/mol. The fraction of sp³-hybridized carbons (Fsp3) is 0.261. The van der Waals surface area contributed by atoms with Crippen LogP contribution in [0.15, 0.2) is 59.6 Å². The Balaban J connectivity index is 1.29. The molecule has 3 N–H and O–H groups in total. The molecule has 1 aliphatic rings. The van der Waals surface area contributed by atoms with Crippen molar-refractivity contribution in [3.05, 3.63) is 65.9 Å². The van der Waals surface area contributed by atoms with Crippen LogP contribution in [0.2, 0.25) is 0 Å². The minimum Gasteiger partial charge on any atom is -0.361 e. The number of hydrazine groups is 1. The van der Waals surface area contributed by atoms with E-state index in [1.54, 1.807) is 18.3 Å². The van der Waals surface area contributed by atoms with Gasteiger partial charge in [-0.05, 0) is 36.6 Å². The van der Waals surface area contributed by atoms with Crippen molar-refractivity contribution < 1.29 is 18.0 Å². The Labute approximate surface area is 191 Å². The first-order chi connectivity index (χ1) is 15.9. The summed E-state index contributed by atoms with van der Waals surface area (Å²) in [6.07, 6.45) is 2.52. The van der Waals surface area contributed by atoms with E-state index in [9.17, 15) is 23.3 Å². The molecular formula is C23H23N5O4S. The summed E-state index contributed by atoms with van der Waals surface area (Å²) in [7, 11) is -3.82. The van der Waals surface area contributed by atoms with E-state index in [0.29, 0.717) is 12.8 Å². The molecule has 0 spiro atoms. The zero-order valence-corrected chi connectivity index (χ0v) is 18.6. The number of carbonyl (C=O) groups excluding carboxylic acids is 2. The van der Waals surface area contributed by atoms with E-state index in [4.69, 9.17) is 0 Å². The summed E-state index contributed by atoms with van der Waals surface area (Å²) in [5, 5.41) is 10.2. The van der Waals surface area contributed by atoms with Crippen molar-refractivity contribution in [3.8, 4) is 6.07 Å². The molecule has 1 fully saturated rings. The summed E-state index contributed by atoms with van der Waals surface area (Å²) >= 11 is 0. The fourth-order valence-electron chi connectivity index (χ4n) is 4.01. The summed E-state index contributed by atoms with van der Waals surface area (Å²) < 4.78 is 27.1. The van der Waals surface area contributed by atoms with Crippen LogP contribution in [0, 0.1) is 17.2 Å². The lowest BCUT2D eigenvalue weighted by molar-refractivity contribution is -0.131. The van der Waals surface area contributed by atoms with Gasteiger partial charge in [0.05, 0.1) is 16.9 Å². The number of aromatic amines is 1. The standard InChI is InChI=1S/C23H23N5O4S/c24-14-17-5-1-4-8-21(17)33(31,32)28-11-9-16(10-12-28)23(30)27-26-22(29)13-18-15-25-20-7-3-2-6-19(18)20/h1-8,15-16,25H,9-13H2,(H,26,29)(H,27,30). The normalized spacial score (nSPS) is 15.1. The number of H-pyrrole nitrogens is 1. The molecule has 3 aromatic rings. The fourth-order valence-corrected chi connectivity index (χ4v) is 5.62. The number of nitriles is 1. The van der Waals surface area contributed by atoms with Crippen LogP contribution in [0.25, 0.3) is 10.9 Å². The lowest BCUT2D eigenvalue weighted by atomic mass is 9.98. The first-order valence-corrected chi connectivity index (χ1v) is 12.0. The molecule has 0 radical (unpaired) electrons. The zero-order chi connectivity index (χ0) is 23.4. The van der Waals surface area contributed by atoms with Gasteiger partial charge >= 0.3 is 0 Å². The molecule has 1 aromatic heterocycles. The third-order valence-electron chi connectivity index (χ3n) is 5.80. The van der Waals surface area contributed by atoms with Crippen molar-refractivity contribution in [3.63, 3.8) is 0 Å². The Morgan fingerprint density at radius 3 is 2.52 bits per heavy atom. The first kappa shape index (κ1) is 22.5. The summed E-state index contributed by atoms with van der Waals surface area (Å²) in [5.41, 5.74) is 6.76. The number of amides is 2. The van der Waals surface area contributed by atoms with Gasteiger partial charge in [0.25, 0.3) is 0 Å². The maximum Gasteiger partial charge on any atom is 0.244 e. The van der Waals surface area contributed by atoms with Gasteiger partial charge < -0.3 is 4.98 Å². The molecule has 1 saturated heterocycles. The highest BCUT2D eigenvalue weighted by molar-refractivity contribution is 7.89. The van der Waals surface area contributed by atoms with Crippen LogP contribution in [0.4, 0.5) is 0 Å². The van der Waals surface area contributed by atoms with E-state index in [-0.39, 0.29) is 41.8 Å². The summed E-state index contributed by atoms with van der Waals surface area (Å²) in [5.74, 6) is -1.12. The van der Waals surface area contributed by atoms with Gasteiger partial charge in [-0.15, -0.1) is 0 Å². The molecule has 0 unspecified atom stereocenters. The van der Waals surface area contributed by atoms with Gasteiger partial charge in [0.2, 0.25) is 21.8 Å². The largest absolute Gasteiger partial charge is 0.361 e. The number of hydrogen-bond acceptors (Lipinski definition) is 5. The van der Waals surface area contributed by atoms with E-state index in [2.05, 4.69) is 15.8 Å². The molecule has 9 nitrogen and oxygen atoms in total. The lowest BCUT2D eigenvalue weighted by Crippen LogP contribution is -2.48. The van der Waals surface area contributed by atoms with Crippen LogP contribution in [0.3, 0.4) is 0 Å². The molecule has 170 valence electrons. The third kappa shape index (κ3) is 4.74. The molecule has 33 heavy (non-hydrogen) atoms.